The van der Waals surface area contributed by atoms with Crippen LogP contribution in [0.4, 0.5) is 8.78 Å². The van der Waals surface area contributed by atoms with E-state index in [1.807, 2.05) is 0 Å². The Hall–Kier alpha value is -1.16. The molecule has 0 atom stereocenters. The second-order valence-corrected chi connectivity index (χ2v) is 3.21. The summed E-state index contributed by atoms with van der Waals surface area (Å²) in [5.41, 5.74) is 5.93. The van der Waals surface area contributed by atoms with Crippen LogP contribution in [-0.4, -0.2) is 13.2 Å². The van der Waals surface area contributed by atoms with Gasteiger partial charge in [0.25, 0.3) is 0 Å². The van der Waals surface area contributed by atoms with Gasteiger partial charge in [-0.3, -0.25) is 0 Å². The minimum Gasteiger partial charge on any atom is -0.488 e. The highest BCUT2D eigenvalue weighted by Crippen LogP contribution is 2.23. The first-order valence-corrected chi connectivity index (χ1v) is 4.99. The normalized spacial score (nSPS) is 10.4. The van der Waals surface area contributed by atoms with Gasteiger partial charge in [0.05, 0.1) is 6.61 Å². The first-order chi connectivity index (χ1) is 7.19. The number of benzene rings is 1. The summed E-state index contributed by atoms with van der Waals surface area (Å²) in [4.78, 5) is 0. The Bertz CT molecular complexity index is 305. The average Bonchev–Trinajstić information content (AvgIpc) is 2.20. The van der Waals surface area contributed by atoms with Crippen molar-refractivity contribution >= 4 is 0 Å². The molecule has 4 heteroatoms. The summed E-state index contributed by atoms with van der Waals surface area (Å²) in [5, 5.41) is 0. The van der Waals surface area contributed by atoms with Crippen LogP contribution in [0.1, 0.15) is 18.9 Å². The molecule has 0 amide bonds. The minimum atomic E-state index is -0.649. The second-order valence-electron chi connectivity index (χ2n) is 3.21. The van der Waals surface area contributed by atoms with E-state index in [9.17, 15) is 8.78 Å². The molecule has 0 heterocycles. The van der Waals surface area contributed by atoms with Crippen LogP contribution in [0.15, 0.2) is 12.1 Å². The van der Waals surface area contributed by atoms with Crippen molar-refractivity contribution in [3.05, 3.63) is 29.3 Å². The summed E-state index contributed by atoms with van der Waals surface area (Å²) in [5.74, 6) is -1.60. The van der Waals surface area contributed by atoms with Gasteiger partial charge in [0.2, 0.25) is 0 Å². The Kier molecular flexibility index (Phi) is 4.49. The van der Waals surface area contributed by atoms with E-state index in [4.69, 9.17) is 10.5 Å². The predicted octanol–water partition coefficient (Wildman–Crippen LogP) is 2.25. The lowest BCUT2D eigenvalue weighted by Gasteiger charge is -2.08. The van der Waals surface area contributed by atoms with Crippen molar-refractivity contribution < 1.29 is 13.5 Å². The number of rotatable bonds is 5. The summed E-state index contributed by atoms with van der Waals surface area (Å²) in [6, 6.07) is 2.59. The molecule has 15 heavy (non-hydrogen) atoms. The quantitative estimate of drug-likeness (QED) is 0.817. The summed E-state index contributed by atoms with van der Waals surface area (Å²) in [7, 11) is 0. The Morgan fingerprint density at radius 1 is 1.27 bits per heavy atom. The molecule has 0 aromatic heterocycles. The molecule has 2 N–H and O–H groups in total. The highest BCUT2D eigenvalue weighted by molar-refractivity contribution is 5.31. The van der Waals surface area contributed by atoms with Crippen LogP contribution in [-0.2, 0) is 6.42 Å². The van der Waals surface area contributed by atoms with Crippen molar-refractivity contribution in [2.24, 2.45) is 5.73 Å². The number of halogens is 2. The lowest BCUT2D eigenvalue weighted by atomic mass is 10.1. The molecule has 0 bridgehead atoms. The molecule has 84 valence electrons. The van der Waals surface area contributed by atoms with Crippen LogP contribution in [0.2, 0.25) is 0 Å². The summed E-state index contributed by atoms with van der Waals surface area (Å²) in [6.45, 7) is 2.44. The van der Waals surface area contributed by atoms with Crippen molar-refractivity contribution in [1.82, 2.24) is 0 Å². The zero-order chi connectivity index (χ0) is 11.3. The second kappa shape index (κ2) is 5.66. The fourth-order valence-corrected chi connectivity index (χ4v) is 1.35. The first kappa shape index (κ1) is 11.9. The molecular formula is C11H15F2NO. The van der Waals surface area contributed by atoms with Crippen LogP contribution in [0.5, 0.6) is 5.75 Å². The van der Waals surface area contributed by atoms with Gasteiger partial charge in [-0.15, -0.1) is 0 Å². The van der Waals surface area contributed by atoms with Crippen molar-refractivity contribution in [2.45, 2.75) is 19.8 Å². The van der Waals surface area contributed by atoms with E-state index in [-0.39, 0.29) is 12.4 Å². The topological polar surface area (TPSA) is 35.2 Å². The Morgan fingerprint density at radius 3 is 2.33 bits per heavy atom. The number of aryl methyl sites for hydroxylation is 1. The maximum Gasteiger partial charge on any atom is 0.190 e. The van der Waals surface area contributed by atoms with Gasteiger partial charge < -0.3 is 10.5 Å². The third kappa shape index (κ3) is 3.16. The zero-order valence-corrected chi connectivity index (χ0v) is 8.72. The van der Waals surface area contributed by atoms with Crippen molar-refractivity contribution in [2.75, 3.05) is 13.2 Å². The highest BCUT2D eigenvalue weighted by Gasteiger charge is 2.11. The molecule has 0 aliphatic heterocycles. The minimum absolute atomic E-state index is 0.246. The van der Waals surface area contributed by atoms with Crippen LogP contribution in [0.25, 0.3) is 0 Å². The maximum absolute atomic E-state index is 13.3. The molecule has 1 rings (SSSR count). The summed E-state index contributed by atoms with van der Waals surface area (Å²) >= 11 is 0. The van der Waals surface area contributed by atoms with Crippen LogP contribution in [0, 0.1) is 11.6 Å². The third-order valence-electron chi connectivity index (χ3n) is 2.02. The number of hydrogen-bond donors (Lipinski definition) is 1. The Labute approximate surface area is 88.0 Å². The fourth-order valence-electron chi connectivity index (χ4n) is 1.35. The molecule has 0 aliphatic rings. The van der Waals surface area contributed by atoms with Crippen molar-refractivity contribution in [3.63, 3.8) is 0 Å². The lowest BCUT2D eigenvalue weighted by molar-refractivity contribution is 0.302. The maximum atomic E-state index is 13.3. The van der Waals surface area contributed by atoms with Gasteiger partial charge in [-0.25, -0.2) is 8.78 Å². The molecule has 0 spiro atoms. The molecule has 1 aromatic rings. The number of ether oxygens (including phenoxy) is 1. The SMILES string of the molecule is CCOc1c(F)cc(CCCN)cc1F. The van der Waals surface area contributed by atoms with E-state index in [0.29, 0.717) is 24.9 Å². The molecule has 0 unspecified atom stereocenters. The molecule has 0 saturated carbocycles. The standard InChI is InChI=1S/C11H15F2NO/c1-2-15-11-9(12)6-8(4-3-5-14)7-10(11)13/h6-7H,2-5,14H2,1H3. The average molecular weight is 215 g/mol. The predicted molar refractivity (Wildman–Crippen MR) is 54.9 cm³/mol. The van der Waals surface area contributed by atoms with Gasteiger partial charge in [-0.2, -0.15) is 0 Å². The van der Waals surface area contributed by atoms with Crippen molar-refractivity contribution in [3.8, 4) is 5.75 Å². The highest BCUT2D eigenvalue weighted by atomic mass is 19.1. The van der Waals surface area contributed by atoms with Crippen LogP contribution >= 0.6 is 0 Å². The van der Waals surface area contributed by atoms with Gasteiger partial charge in [0.1, 0.15) is 0 Å². The first-order valence-electron chi connectivity index (χ1n) is 4.99. The fraction of sp³-hybridized carbons (Fsp3) is 0.455. The molecule has 0 radical (unpaired) electrons. The lowest BCUT2D eigenvalue weighted by Crippen LogP contribution is -2.03. The summed E-state index contributed by atoms with van der Waals surface area (Å²) in [6.07, 6.45) is 1.30. The Balaban J connectivity index is 2.87. The molecule has 0 fully saturated rings. The van der Waals surface area contributed by atoms with Gasteiger partial charge in [0, 0.05) is 0 Å². The Morgan fingerprint density at radius 2 is 1.87 bits per heavy atom. The largest absolute Gasteiger partial charge is 0.488 e. The van der Waals surface area contributed by atoms with E-state index in [1.54, 1.807) is 6.92 Å². The summed E-state index contributed by atoms with van der Waals surface area (Å²) < 4.78 is 31.5. The molecule has 0 saturated heterocycles. The smallest absolute Gasteiger partial charge is 0.190 e. The van der Waals surface area contributed by atoms with Gasteiger partial charge >= 0.3 is 0 Å². The molecule has 0 aliphatic carbocycles. The van der Waals surface area contributed by atoms with E-state index in [0.717, 1.165) is 0 Å². The van der Waals surface area contributed by atoms with Gasteiger partial charge in [0.15, 0.2) is 17.4 Å². The van der Waals surface area contributed by atoms with Gasteiger partial charge in [-0.05, 0) is 44.0 Å². The zero-order valence-electron chi connectivity index (χ0n) is 8.72. The van der Waals surface area contributed by atoms with E-state index in [2.05, 4.69) is 0 Å². The van der Waals surface area contributed by atoms with E-state index >= 15 is 0 Å². The molecule has 2 nitrogen and oxygen atoms in total. The van der Waals surface area contributed by atoms with Crippen molar-refractivity contribution in [1.29, 1.82) is 0 Å². The third-order valence-corrected chi connectivity index (χ3v) is 2.02. The van der Waals surface area contributed by atoms with Gasteiger partial charge in [-0.1, -0.05) is 0 Å². The molecule has 1 aromatic carbocycles. The van der Waals surface area contributed by atoms with Crippen LogP contribution < -0.4 is 10.5 Å². The monoisotopic (exact) mass is 215 g/mol. The number of hydrogen-bond acceptors (Lipinski definition) is 2. The molecular weight excluding hydrogens is 200 g/mol. The van der Waals surface area contributed by atoms with E-state index in [1.165, 1.54) is 12.1 Å². The van der Waals surface area contributed by atoms with Crippen LogP contribution in [0.3, 0.4) is 0 Å². The number of nitrogens with two attached hydrogens (primary N) is 1. The van der Waals surface area contributed by atoms with E-state index < -0.39 is 11.6 Å².